The van der Waals surface area contributed by atoms with Gasteiger partial charge in [0.05, 0.1) is 13.7 Å². The molecule has 0 saturated heterocycles. The van der Waals surface area contributed by atoms with Crippen LogP contribution in [-0.4, -0.2) is 42.9 Å². The molecule has 0 aromatic rings. The SMILES string of the molecule is CCCOC(=O)N[C@@H](CCC(=O)OC)C(=O)O. The van der Waals surface area contributed by atoms with Gasteiger partial charge in [-0.25, -0.2) is 9.59 Å². The summed E-state index contributed by atoms with van der Waals surface area (Å²) in [7, 11) is 1.21. The molecule has 7 heteroatoms. The number of hydrogen-bond acceptors (Lipinski definition) is 5. The van der Waals surface area contributed by atoms with E-state index in [1.54, 1.807) is 0 Å². The number of carbonyl (C=O) groups excluding carboxylic acids is 2. The highest BCUT2D eigenvalue weighted by molar-refractivity contribution is 5.80. The minimum absolute atomic E-state index is 0.0385. The molecule has 0 aromatic heterocycles. The van der Waals surface area contributed by atoms with E-state index in [4.69, 9.17) is 5.11 Å². The van der Waals surface area contributed by atoms with Crippen LogP contribution in [0, 0.1) is 0 Å². The summed E-state index contributed by atoms with van der Waals surface area (Å²) in [6, 6.07) is -1.15. The first kappa shape index (κ1) is 15.2. The number of rotatable bonds is 7. The van der Waals surface area contributed by atoms with E-state index in [1.165, 1.54) is 7.11 Å². The maximum atomic E-state index is 11.1. The summed E-state index contributed by atoms with van der Waals surface area (Å²) in [5.74, 6) is -1.75. The van der Waals surface area contributed by atoms with Gasteiger partial charge < -0.3 is 19.9 Å². The van der Waals surface area contributed by atoms with Crippen LogP contribution in [0.15, 0.2) is 0 Å². The van der Waals surface area contributed by atoms with E-state index in [2.05, 4.69) is 14.8 Å². The van der Waals surface area contributed by atoms with Crippen molar-refractivity contribution < 1.29 is 29.0 Å². The molecule has 0 bridgehead atoms. The Morgan fingerprint density at radius 3 is 2.47 bits per heavy atom. The number of methoxy groups -OCH3 is 1. The number of carboxylic acids is 1. The molecular formula is C10H17NO6. The van der Waals surface area contributed by atoms with Gasteiger partial charge in [0.2, 0.25) is 0 Å². The van der Waals surface area contributed by atoms with Crippen LogP contribution in [0.25, 0.3) is 0 Å². The van der Waals surface area contributed by atoms with Gasteiger partial charge >= 0.3 is 18.0 Å². The van der Waals surface area contributed by atoms with Crippen molar-refractivity contribution in [2.45, 2.75) is 32.2 Å². The topological polar surface area (TPSA) is 102 Å². The minimum atomic E-state index is -1.22. The van der Waals surface area contributed by atoms with E-state index in [1.807, 2.05) is 6.92 Å². The van der Waals surface area contributed by atoms with Crippen LogP contribution in [-0.2, 0) is 19.1 Å². The summed E-state index contributed by atoms with van der Waals surface area (Å²) in [6.07, 6.45) is -0.276. The van der Waals surface area contributed by atoms with Gasteiger partial charge in [0, 0.05) is 6.42 Å². The fourth-order valence-electron chi connectivity index (χ4n) is 1.00. The number of esters is 1. The zero-order valence-corrected chi connectivity index (χ0v) is 9.89. The van der Waals surface area contributed by atoms with Crippen LogP contribution in [0.1, 0.15) is 26.2 Å². The lowest BCUT2D eigenvalue weighted by molar-refractivity contribution is -0.142. The maximum Gasteiger partial charge on any atom is 0.407 e. The molecule has 0 saturated carbocycles. The summed E-state index contributed by atoms with van der Waals surface area (Å²) in [6.45, 7) is 2.04. The van der Waals surface area contributed by atoms with Gasteiger partial charge in [0.1, 0.15) is 6.04 Å². The van der Waals surface area contributed by atoms with Crippen molar-refractivity contribution in [2.75, 3.05) is 13.7 Å². The van der Waals surface area contributed by atoms with Crippen molar-refractivity contribution in [3.63, 3.8) is 0 Å². The van der Waals surface area contributed by atoms with Gasteiger partial charge in [-0.2, -0.15) is 0 Å². The Labute approximate surface area is 99.1 Å². The maximum absolute atomic E-state index is 11.1. The molecule has 0 unspecified atom stereocenters. The summed E-state index contributed by atoms with van der Waals surface area (Å²) in [5, 5.41) is 11.0. The van der Waals surface area contributed by atoms with E-state index >= 15 is 0 Å². The molecule has 0 aromatic carbocycles. The average Bonchev–Trinajstić information content (AvgIpc) is 2.30. The van der Waals surface area contributed by atoms with Crippen LogP contribution >= 0.6 is 0 Å². The van der Waals surface area contributed by atoms with Crippen molar-refractivity contribution >= 4 is 18.0 Å². The number of hydrogen-bond donors (Lipinski definition) is 2. The summed E-state index contributed by atoms with van der Waals surface area (Å²) >= 11 is 0. The van der Waals surface area contributed by atoms with Gasteiger partial charge in [-0.1, -0.05) is 6.92 Å². The number of carboxylic acid groups (broad SMARTS) is 1. The fourth-order valence-corrected chi connectivity index (χ4v) is 1.00. The van der Waals surface area contributed by atoms with Crippen molar-refractivity contribution in [1.82, 2.24) is 5.32 Å². The Morgan fingerprint density at radius 2 is 2.00 bits per heavy atom. The monoisotopic (exact) mass is 247 g/mol. The van der Waals surface area contributed by atoms with Gasteiger partial charge in [-0.15, -0.1) is 0 Å². The molecule has 0 rings (SSSR count). The van der Waals surface area contributed by atoms with Crippen LogP contribution in [0.5, 0.6) is 0 Å². The van der Waals surface area contributed by atoms with Gasteiger partial charge in [0.25, 0.3) is 0 Å². The first-order valence-corrected chi connectivity index (χ1v) is 5.24. The predicted molar refractivity (Wildman–Crippen MR) is 57.4 cm³/mol. The molecule has 0 aliphatic rings. The highest BCUT2D eigenvalue weighted by Crippen LogP contribution is 2.00. The van der Waals surface area contributed by atoms with Crippen molar-refractivity contribution in [1.29, 1.82) is 0 Å². The Balaban J connectivity index is 4.10. The fraction of sp³-hybridized carbons (Fsp3) is 0.700. The lowest BCUT2D eigenvalue weighted by Crippen LogP contribution is -2.41. The van der Waals surface area contributed by atoms with Crippen LogP contribution in [0.3, 0.4) is 0 Å². The van der Waals surface area contributed by atoms with E-state index in [0.29, 0.717) is 6.42 Å². The van der Waals surface area contributed by atoms with Gasteiger partial charge in [-0.05, 0) is 12.8 Å². The quantitative estimate of drug-likeness (QED) is 0.636. The number of nitrogens with one attached hydrogen (secondary N) is 1. The second-order valence-corrected chi connectivity index (χ2v) is 3.29. The smallest absolute Gasteiger partial charge is 0.407 e. The predicted octanol–water partition coefficient (Wildman–Crippen LogP) is 0.529. The second kappa shape index (κ2) is 8.37. The number of aliphatic carboxylic acids is 1. The number of alkyl carbamates (subject to hydrolysis) is 1. The number of carbonyl (C=O) groups is 3. The van der Waals surface area contributed by atoms with Gasteiger partial charge in [0.15, 0.2) is 0 Å². The molecule has 0 heterocycles. The lowest BCUT2D eigenvalue weighted by atomic mass is 10.1. The molecule has 1 atom stereocenters. The molecule has 0 radical (unpaired) electrons. The summed E-state index contributed by atoms with van der Waals surface area (Å²) < 4.78 is 9.05. The Morgan fingerprint density at radius 1 is 1.35 bits per heavy atom. The third-order valence-electron chi connectivity index (χ3n) is 1.89. The van der Waals surface area contributed by atoms with E-state index in [-0.39, 0.29) is 19.4 Å². The molecular weight excluding hydrogens is 230 g/mol. The third-order valence-corrected chi connectivity index (χ3v) is 1.89. The third kappa shape index (κ3) is 7.15. The Kier molecular flexibility index (Phi) is 7.49. The zero-order chi connectivity index (χ0) is 13.3. The molecule has 98 valence electrons. The highest BCUT2D eigenvalue weighted by atomic mass is 16.5. The van der Waals surface area contributed by atoms with Crippen LogP contribution in [0.2, 0.25) is 0 Å². The first-order chi connectivity index (χ1) is 8.01. The highest BCUT2D eigenvalue weighted by Gasteiger charge is 2.21. The molecule has 1 amide bonds. The summed E-state index contributed by atoms with van der Waals surface area (Å²) in [4.78, 5) is 32.7. The molecule has 2 N–H and O–H groups in total. The van der Waals surface area contributed by atoms with Crippen LogP contribution in [0.4, 0.5) is 4.79 Å². The molecule has 7 nitrogen and oxygen atoms in total. The van der Waals surface area contributed by atoms with Crippen molar-refractivity contribution in [3.8, 4) is 0 Å². The standard InChI is InChI=1S/C10H17NO6/c1-3-6-17-10(15)11-7(9(13)14)4-5-8(12)16-2/h7H,3-6H2,1-2H3,(H,11,15)(H,13,14)/t7-/m0/s1. The van der Waals surface area contributed by atoms with E-state index in [9.17, 15) is 14.4 Å². The lowest BCUT2D eigenvalue weighted by Gasteiger charge is -2.13. The van der Waals surface area contributed by atoms with E-state index < -0.39 is 24.1 Å². The van der Waals surface area contributed by atoms with Crippen molar-refractivity contribution in [3.05, 3.63) is 0 Å². The minimum Gasteiger partial charge on any atom is -0.480 e. The molecule has 0 spiro atoms. The first-order valence-electron chi connectivity index (χ1n) is 5.24. The second-order valence-electron chi connectivity index (χ2n) is 3.29. The average molecular weight is 247 g/mol. The number of ether oxygens (including phenoxy) is 2. The summed E-state index contributed by atoms with van der Waals surface area (Å²) in [5.41, 5.74) is 0. The molecule has 0 fully saturated rings. The normalized spacial score (nSPS) is 11.4. The Hall–Kier alpha value is -1.79. The zero-order valence-electron chi connectivity index (χ0n) is 9.89. The largest absolute Gasteiger partial charge is 0.480 e. The molecule has 0 aliphatic heterocycles. The Bertz CT molecular complexity index is 278. The van der Waals surface area contributed by atoms with Crippen LogP contribution < -0.4 is 5.32 Å². The van der Waals surface area contributed by atoms with Gasteiger partial charge in [-0.3, -0.25) is 4.79 Å². The van der Waals surface area contributed by atoms with Crippen molar-refractivity contribution in [2.24, 2.45) is 0 Å². The van der Waals surface area contributed by atoms with E-state index in [0.717, 1.165) is 0 Å². The molecule has 17 heavy (non-hydrogen) atoms. The molecule has 0 aliphatic carbocycles. The number of amides is 1.